The summed E-state index contributed by atoms with van der Waals surface area (Å²) >= 11 is 5.99. The van der Waals surface area contributed by atoms with Crippen molar-refractivity contribution in [2.45, 2.75) is 59.5 Å². The Balaban J connectivity index is 2.29. The van der Waals surface area contributed by atoms with E-state index in [0.29, 0.717) is 17.8 Å². The van der Waals surface area contributed by atoms with Gasteiger partial charge in [-0.25, -0.2) is 9.46 Å². The maximum atomic E-state index is 11.8. The van der Waals surface area contributed by atoms with Crippen LogP contribution >= 0.6 is 20.1 Å². The molecule has 134 valence electrons. The summed E-state index contributed by atoms with van der Waals surface area (Å²) in [5.41, 5.74) is 1.25. The molecular formula is C17H25ClNO4P. The summed E-state index contributed by atoms with van der Waals surface area (Å²) in [7, 11) is 0.442. The lowest BCUT2D eigenvalue weighted by molar-refractivity contribution is 0.219. The van der Waals surface area contributed by atoms with Crippen molar-refractivity contribution in [3.05, 3.63) is 38.1 Å². The van der Waals surface area contributed by atoms with Crippen LogP contribution in [0.25, 0.3) is 6.08 Å². The van der Waals surface area contributed by atoms with Gasteiger partial charge in [0.15, 0.2) is 0 Å². The van der Waals surface area contributed by atoms with E-state index in [9.17, 15) is 4.79 Å². The lowest BCUT2D eigenvalue weighted by atomic mass is 9.98. The van der Waals surface area contributed by atoms with Gasteiger partial charge in [-0.15, -0.1) is 0 Å². The van der Waals surface area contributed by atoms with Crippen LogP contribution in [-0.4, -0.2) is 23.9 Å². The van der Waals surface area contributed by atoms with Crippen molar-refractivity contribution >= 4 is 26.2 Å². The second-order valence-corrected chi connectivity index (χ2v) is 8.22. The molecule has 1 atom stereocenters. The highest BCUT2D eigenvalue weighted by Crippen LogP contribution is 2.48. The molecule has 0 saturated heterocycles. The van der Waals surface area contributed by atoms with Gasteiger partial charge in [-0.3, -0.25) is 0 Å². The molecule has 2 rings (SSSR count). The molecule has 1 aromatic heterocycles. The molecule has 0 N–H and O–H groups in total. The van der Waals surface area contributed by atoms with Crippen molar-refractivity contribution in [1.82, 2.24) is 4.67 Å². The maximum absolute atomic E-state index is 11.8. The van der Waals surface area contributed by atoms with E-state index < -0.39 is 14.2 Å². The van der Waals surface area contributed by atoms with Gasteiger partial charge in [-0.2, -0.15) is 0 Å². The zero-order valence-electron chi connectivity index (χ0n) is 15.1. The second-order valence-electron chi connectivity index (χ2n) is 6.36. The van der Waals surface area contributed by atoms with Gasteiger partial charge in [-0.05, 0) is 46.6 Å². The fourth-order valence-electron chi connectivity index (χ4n) is 2.89. The summed E-state index contributed by atoms with van der Waals surface area (Å²) < 4.78 is 19.3. The number of hydrogen-bond acceptors (Lipinski definition) is 5. The van der Waals surface area contributed by atoms with Crippen molar-refractivity contribution in [3.63, 3.8) is 0 Å². The molecule has 1 heterocycles. The van der Waals surface area contributed by atoms with Crippen LogP contribution in [-0.2, 0) is 15.5 Å². The first-order valence-electron chi connectivity index (χ1n) is 8.09. The highest BCUT2D eigenvalue weighted by Gasteiger charge is 2.29. The van der Waals surface area contributed by atoms with Crippen LogP contribution in [0.2, 0.25) is 5.02 Å². The fraction of sp³-hybridized carbons (Fsp3) is 0.588. The number of hydrogen-bond donors (Lipinski definition) is 0. The highest BCUT2D eigenvalue weighted by molar-refractivity contribution is 7.44. The predicted molar refractivity (Wildman–Crippen MR) is 98.1 cm³/mol. The number of fused-ring (bicyclic) bond motifs is 1. The third-order valence-corrected chi connectivity index (χ3v) is 6.41. The van der Waals surface area contributed by atoms with E-state index >= 15 is 0 Å². The molecule has 0 amide bonds. The summed E-state index contributed by atoms with van der Waals surface area (Å²) in [4.78, 5) is 11.8. The second kappa shape index (κ2) is 8.01. The topological polar surface area (TPSA) is 51.9 Å². The van der Waals surface area contributed by atoms with Gasteiger partial charge < -0.3 is 13.5 Å². The molecule has 1 aromatic rings. The van der Waals surface area contributed by atoms with E-state index in [1.807, 2.05) is 6.92 Å². The number of nitrogens with zero attached hydrogens (tertiary/aromatic N) is 1. The van der Waals surface area contributed by atoms with Crippen molar-refractivity contribution in [2.75, 3.05) is 7.11 Å². The summed E-state index contributed by atoms with van der Waals surface area (Å²) in [5.74, 6) is 1.31. The van der Waals surface area contributed by atoms with E-state index in [4.69, 9.17) is 25.1 Å². The van der Waals surface area contributed by atoms with Crippen molar-refractivity contribution in [1.29, 1.82) is 0 Å². The molecular weight excluding hydrogens is 349 g/mol. The van der Waals surface area contributed by atoms with Crippen LogP contribution in [0.4, 0.5) is 0 Å². The molecule has 1 aliphatic carbocycles. The SMILES string of the molecule is COP(OC1=Cc2oc(=O)c(Cl)c(C)c2CC1)N(C(C)C)C(C)C. The molecule has 24 heavy (non-hydrogen) atoms. The van der Waals surface area contributed by atoms with E-state index in [-0.39, 0.29) is 5.02 Å². The molecule has 0 aliphatic heterocycles. The van der Waals surface area contributed by atoms with Crippen LogP contribution < -0.4 is 5.63 Å². The molecule has 0 aromatic carbocycles. The lowest BCUT2D eigenvalue weighted by Crippen LogP contribution is -2.33. The lowest BCUT2D eigenvalue weighted by Gasteiger charge is -2.35. The molecule has 7 heteroatoms. The Morgan fingerprint density at radius 2 is 1.88 bits per heavy atom. The third kappa shape index (κ3) is 4.02. The van der Waals surface area contributed by atoms with Gasteiger partial charge in [0.1, 0.15) is 16.5 Å². The smallest absolute Gasteiger partial charge is 0.355 e. The Hall–Kier alpha value is -0.870. The first-order chi connectivity index (χ1) is 11.3. The van der Waals surface area contributed by atoms with Crippen molar-refractivity contribution in [2.24, 2.45) is 0 Å². The minimum Gasteiger partial charge on any atom is -0.440 e. The Bertz CT molecular complexity index is 676. The Morgan fingerprint density at radius 1 is 1.25 bits per heavy atom. The van der Waals surface area contributed by atoms with E-state index in [2.05, 4.69) is 32.4 Å². The summed E-state index contributed by atoms with van der Waals surface area (Å²) in [6.45, 7) is 10.3. The fourth-order valence-corrected chi connectivity index (χ4v) is 4.50. The zero-order chi connectivity index (χ0) is 18.0. The van der Waals surface area contributed by atoms with Crippen LogP contribution in [0.15, 0.2) is 15.0 Å². The monoisotopic (exact) mass is 373 g/mol. The Kier molecular flexibility index (Phi) is 6.49. The number of rotatable bonds is 6. The molecule has 5 nitrogen and oxygen atoms in total. The number of halogens is 1. The largest absolute Gasteiger partial charge is 0.440 e. The molecule has 0 radical (unpaired) electrons. The average Bonchev–Trinajstić information content (AvgIpc) is 2.51. The van der Waals surface area contributed by atoms with Crippen LogP contribution in [0.3, 0.4) is 0 Å². The maximum Gasteiger partial charge on any atom is 0.355 e. The normalized spacial score (nSPS) is 15.7. The van der Waals surface area contributed by atoms with Crippen molar-refractivity contribution in [3.8, 4) is 0 Å². The molecule has 0 spiro atoms. The molecule has 0 fully saturated rings. The number of allylic oxidation sites excluding steroid dienone is 1. The quantitative estimate of drug-likeness (QED) is 0.664. The zero-order valence-corrected chi connectivity index (χ0v) is 16.7. The van der Waals surface area contributed by atoms with Gasteiger partial charge in [0.05, 0.1) is 0 Å². The van der Waals surface area contributed by atoms with Gasteiger partial charge >= 0.3 is 14.2 Å². The minimum absolute atomic E-state index is 0.163. The third-order valence-electron chi connectivity index (χ3n) is 3.97. The van der Waals surface area contributed by atoms with E-state index in [1.54, 1.807) is 13.2 Å². The van der Waals surface area contributed by atoms with E-state index in [1.165, 1.54) is 0 Å². The average molecular weight is 374 g/mol. The molecule has 1 unspecified atom stereocenters. The minimum atomic E-state index is -1.22. The van der Waals surface area contributed by atoms with Crippen LogP contribution in [0, 0.1) is 6.92 Å². The summed E-state index contributed by atoms with van der Waals surface area (Å²) in [6, 6.07) is 0.595. The van der Waals surface area contributed by atoms with Gasteiger partial charge in [0, 0.05) is 37.3 Å². The predicted octanol–water partition coefficient (Wildman–Crippen LogP) is 4.90. The highest BCUT2D eigenvalue weighted by atomic mass is 35.5. The first kappa shape index (κ1) is 19.5. The molecule has 0 bridgehead atoms. The van der Waals surface area contributed by atoms with Gasteiger partial charge in [0.2, 0.25) is 0 Å². The van der Waals surface area contributed by atoms with Crippen LogP contribution in [0.5, 0.6) is 0 Å². The van der Waals surface area contributed by atoms with Gasteiger partial charge in [-0.1, -0.05) is 11.6 Å². The Labute approximate surface area is 149 Å². The molecule has 0 saturated carbocycles. The summed E-state index contributed by atoms with van der Waals surface area (Å²) in [6.07, 6.45) is 3.24. The molecule has 1 aliphatic rings. The Morgan fingerprint density at radius 3 is 2.42 bits per heavy atom. The standard InChI is InChI=1S/C17H25ClNO4P/c1-10(2)19(11(3)4)24(21-6)23-13-7-8-14-12(5)16(18)17(20)22-15(14)9-13/h9-11H,7-8H2,1-6H3. The van der Waals surface area contributed by atoms with E-state index in [0.717, 1.165) is 29.7 Å². The van der Waals surface area contributed by atoms with Crippen LogP contribution in [0.1, 0.15) is 51.0 Å². The summed E-state index contributed by atoms with van der Waals surface area (Å²) in [5, 5.41) is 0.163. The van der Waals surface area contributed by atoms with Crippen molar-refractivity contribution < 1.29 is 13.5 Å². The van der Waals surface area contributed by atoms with Gasteiger partial charge in [0.25, 0.3) is 0 Å². The first-order valence-corrected chi connectivity index (χ1v) is 9.60.